The van der Waals surface area contributed by atoms with Crippen LogP contribution in [0.1, 0.15) is 31.2 Å². The number of piperidine rings is 1. The molecular formula is C25H27ClN4O2. The highest BCUT2D eigenvalue weighted by Gasteiger charge is 2.25. The minimum atomic E-state index is -0.283. The number of aromatic nitrogens is 2. The summed E-state index contributed by atoms with van der Waals surface area (Å²) >= 11 is 6.07. The lowest BCUT2D eigenvalue weighted by Crippen LogP contribution is -2.41. The average Bonchev–Trinajstić information content (AvgIpc) is 3.22. The zero-order valence-electron chi connectivity index (χ0n) is 17.9. The Kier molecular flexibility index (Phi) is 6.90. The SMILES string of the molecule is NC(=O)CCC1CCCN(C(=O)Cc2cn(-c3ccccc3)nc2-c2ccc(Cl)cc2)C1. The number of carbonyl (C=O) groups is 2. The maximum absolute atomic E-state index is 13.2. The molecule has 0 spiro atoms. The fourth-order valence-electron chi connectivity index (χ4n) is 4.25. The standard InChI is InChI=1S/C25H27ClN4O2/c26-21-11-9-19(10-12-21)25-20(17-30(28-25)22-6-2-1-3-7-22)15-24(32)29-14-4-5-18(16-29)8-13-23(27)31/h1-3,6-7,9-12,17-18H,4-5,8,13-16H2,(H2,27,31). The molecule has 1 atom stereocenters. The minimum absolute atomic E-state index is 0.0802. The maximum Gasteiger partial charge on any atom is 0.227 e. The van der Waals surface area contributed by atoms with E-state index < -0.39 is 0 Å². The lowest BCUT2D eigenvalue weighted by atomic mass is 9.93. The predicted molar refractivity (Wildman–Crippen MR) is 125 cm³/mol. The Labute approximate surface area is 193 Å². The van der Waals surface area contributed by atoms with Gasteiger partial charge in [0.2, 0.25) is 11.8 Å². The molecule has 2 amide bonds. The summed E-state index contributed by atoms with van der Waals surface area (Å²) in [6, 6.07) is 17.4. The fourth-order valence-corrected chi connectivity index (χ4v) is 4.38. The monoisotopic (exact) mass is 450 g/mol. The van der Waals surface area contributed by atoms with Gasteiger partial charge in [-0.2, -0.15) is 5.10 Å². The summed E-state index contributed by atoms with van der Waals surface area (Å²) < 4.78 is 1.82. The number of hydrogen-bond donors (Lipinski definition) is 1. The molecule has 1 aliphatic heterocycles. The van der Waals surface area contributed by atoms with Crippen LogP contribution in [0.5, 0.6) is 0 Å². The Bertz CT molecular complexity index is 1080. The third kappa shape index (κ3) is 5.37. The molecule has 0 bridgehead atoms. The molecule has 1 saturated heterocycles. The van der Waals surface area contributed by atoms with Crippen LogP contribution in [0.25, 0.3) is 16.9 Å². The minimum Gasteiger partial charge on any atom is -0.370 e. The molecule has 166 valence electrons. The molecule has 3 aromatic rings. The lowest BCUT2D eigenvalue weighted by Gasteiger charge is -2.32. The molecule has 2 aromatic carbocycles. The Morgan fingerprint density at radius 2 is 1.84 bits per heavy atom. The Hall–Kier alpha value is -3.12. The quantitative estimate of drug-likeness (QED) is 0.584. The van der Waals surface area contributed by atoms with E-state index in [-0.39, 0.29) is 18.2 Å². The molecule has 4 rings (SSSR count). The van der Waals surface area contributed by atoms with Crippen molar-refractivity contribution in [2.45, 2.75) is 32.1 Å². The number of hydrogen-bond acceptors (Lipinski definition) is 3. The van der Waals surface area contributed by atoms with Crippen molar-refractivity contribution in [3.8, 4) is 16.9 Å². The molecule has 1 aromatic heterocycles. The van der Waals surface area contributed by atoms with Gasteiger partial charge in [0.1, 0.15) is 0 Å². The summed E-state index contributed by atoms with van der Waals surface area (Å²) in [7, 11) is 0. The number of benzene rings is 2. The van der Waals surface area contributed by atoms with Crippen LogP contribution in [0.4, 0.5) is 0 Å². The second-order valence-electron chi connectivity index (χ2n) is 8.32. The zero-order valence-corrected chi connectivity index (χ0v) is 18.7. The van der Waals surface area contributed by atoms with Crippen molar-refractivity contribution in [2.75, 3.05) is 13.1 Å². The number of nitrogens with zero attached hydrogens (tertiary/aromatic N) is 3. The number of para-hydroxylation sites is 1. The van der Waals surface area contributed by atoms with Gasteiger partial charge in [-0.25, -0.2) is 4.68 Å². The zero-order chi connectivity index (χ0) is 22.5. The molecule has 2 N–H and O–H groups in total. The topological polar surface area (TPSA) is 81.2 Å². The third-order valence-corrected chi connectivity index (χ3v) is 6.19. The van der Waals surface area contributed by atoms with E-state index in [0.717, 1.165) is 48.3 Å². The highest BCUT2D eigenvalue weighted by Crippen LogP contribution is 2.27. The van der Waals surface area contributed by atoms with Crippen LogP contribution < -0.4 is 5.73 Å². The van der Waals surface area contributed by atoms with Crippen molar-refractivity contribution in [1.82, 2.24) is 14.7 Å². The Morgan fingerprint density at radius 1 is 1.09 bits per heavy atom. The smallest absolute Gasteiger partial charge is 0.227 e. The van der Waals surface area contributed by atoms with Gasteiger partial charge in [0.15, 0.2) is 0 Å². The van der Waals surface area contributed by atoms with Crippen LogP contribution >= 0.6 is 11.6 Å². The van der Waals surface area contributed by atoms with Crippen LogP contribution in [0.2, 0.25) is 5.02 Å². The summed E-state index contributed by atoms with van der Waals surface area (Å²) in [6.45, 7) is 1.42. The van der Waals surface area contributed by atoms with E-state index in [1.54, 1.807) is 0 Å². The van der Waals surface area contributed by atoms with Crippen LogP contribution in [-0.4, -0.2) is 39.6 Å². The first kappa shape index (κ1) is 22.1. The Balaban J connectivity index is 1.56. The number of likely N-dealkylation sites (tertiary alicyclic amines) is 1. The largest absolute Gasteiger partial charge is 0.370 e. The summed E-state index contributed by atoms with van der Waals surface area (Å²) in [5.74, 6) is 0.119. The highest BCUT2D eigenvalue weighted by molar-refractivity contribution is 6.30. The number of amides is 2. The molecule has 0 radical (unpaired) electrons. The molecule has 32 heavy (non-hydrogen) atoms. The summed E-state index contributed by atoms with van der Waals surface area (Å²) in [5, 5.41) is 5.45. The van der Waals surface area contributed by atoms with Crippen molar-refractivity contribution in [3.63, 3.8) is 0 Å². The number of carbonyl (C=O) groups excluding carboxylic acids is 2. The number of nitrogens with two attached hydrogens (primary N) is 1. The van der Waals surface area contributed by atoms with E-state index >= 15 is 0 Å². The summed E-state index contributed by atoms with van der Waals surface area (Å²) in [6.07, 6.45) is 5.29. The maximum atomic E-state index is 13.2. The molecule has 1 aliphatic rings. The van der Waals surface area contributed by atoms with E-state index in [9.17, 15) is 9.59 Å². The molecule has 0 saturated carbocycles. The van der Waals surface area contributed by atoms with Gasteiger partial charge in [-0.1, -0.05) is 41.9 Å². The second-order valence-corrected chi connectivity index (χ2v) is 8.76. The lowest BCUT2D eigenvalue weighted by molar-refractivity contribution is -0.132. The first-order valence-electron chi connectivity index (χ1n) is 11.0. The molecule has 1 unspecified atom stereocenters. The van der Waals surface area contributed by atoms with E-state index in [1.807, 2.05) is 70.4 Å². The third-order valence-electron chi connectivity index (χ3n) is 5.94. The normalized spacial score (nSPS) is 16.2. The molecule has 1 fully saturated rings. The predicted octanol–water partition coefficient (Wildman–Crippen LogP) is 4.24. The molecule has 2 heterocycles. The average molecular weight is 451 g/mol. The fraction of sp³-hybridized carbons (Fsp3) is 0.320. The van der Waals surface area contributed by atoms with Gasteiger partial charge in [0, 0.05) is 41.9 Å². The van der Waals surface area contributed by atoms with Crippen molar-refractivity contribution < 1.29 is 9.59 Å². The van der Waals surface area contributed by atoms with Crippen LogP contribution in [0.15, 0.2) is 60.8 Å². The van der Waals surface area contributed by atoms with E-state index in [0.29, 0.717) is 23.9 Å². The van der Waals surface area contributed by atoms with Gasteiger partial charge in [-0.15, -0.1) is 0 Å². The number of primary amides is 1. The van der Waals surface area contributed by atoms with Crippen molar-refractivity contribution in [2.24, 2.45) is 11.7 Å². The molecule has 0 aliphatic carbocycles. The van der Waals surface area contributed by atoms with Gasteiger partial charge < -0.3 is 10.6 Å². The highest BCUT2D eigenvalue weighted by atomic mass is 35.5. The first-order chi connectivity index (χ1) is 15.5. The van der Waals surface area contributed by atoms with Gasteiger partial charge >= 0.3 is 0 Å². The first-order valence-corrected chi connectivity index (χ1v) is 11.3. The van der Waals surface area contributed by atoms with E-state index in [2.05, 4.69) is 0 Å². The van der Waals surface area contributed by atoms with Gasteiger partial charge in [0.25, 0.3) is 0 Å². The number of rotatable bonds is 7. The molecule has 6 nitrogen and oxygen atoms in total. The van der Waals surface area contributed by atoms with Gasteiger partial charge in [0.05, 0.1) is 17.8 Å². The van der Waals surface area contributed by atoms with Crippen molar-refractivity contribution >= 4 is 23.4 Å². The van der Waals surface area contributed by atoms with E-state index in [4.69, 9.17) is 22.4 Å². The van der Waals surface area contributed by atoms with E-state index in [1.165, 1.54) is 0 Å². The second kappa shape index (κ2) is 10.0. The van der Waals surface area contributed by atoms with Gasteiger partial charge in [-0.3, -0.25) is 9.59 Å². The van der Waals surface area contributed by atoms with Crippen molar-refractivity contribution in [1.29, 1.82) is 0 Å². The number of halogens is 1. The van der Waals surface area contributed by atoms with Crippen LogP contribution in [-0.2, 0) is 16.0 Å². The Morgan fingerprint density at radius 3 is 2.56 bits per heavy atom. The molecule has 7 heteroatoms. The van der Waals surface area contributed by atoms with Gasteiger partial charge in [-0.05, 0) is 49.4 Å². The van der Waals surface area contributed by atoms with Crippen LogP contribution in [0.3, 0.4) is 0 Å². The van der Waals surface area contributed by atoms with Crippen molar-refractivity contribution in [3.05, 3.63) is 71.4 Å². The summed E-state index contributed by atoms with van der Waals surface area (Å²) in [4.78, 5) is 26.3. The summed E-state index contributed by atoms with van der Waals surface area (Å²) in [5.41, 5.74) is 8.81. The molecular weight excluding hydrogens is 424 g/mol. The van der Waals surface area contributed by atoms with Crippen LogP contribution in [0, 0.1) is 5.92 Å².